The van der Waals surface area contributed by atoms with Crippen molar-refractivity contribution in [1.29, 1.82) is 0 Å². The quantitative estimate of drug-likeness (QED) is 0.648. The van der Waals surface area contributed by atoms with Gasteiger partial charge in [0.1, 0.15) is 23.7 Å². The summed E-state index contributed by atoms with van der Waals surface area (Å²) in [6.07, 6.45) is 4.44. The van der Waals surface area contributed by atoms with E-state index in [0.717, 1.165) is 5.69 Å². The highest BCUT2D eigenvalue weighted by Gasteiger charge is 2.37. The number of esters is 1. The summed E-state index contributed by atoms with van der Waals surface area (Å²) < 4.78 is 24.8. The highest BCUT2D eigenvalue weighted by Crippen LogP contribution is 2.35. The Morgan fingerprint density at radius 1 is 1.43 bits per heavy atom. The van der Waals surface area contributed by atoms with Crippen LogP contribution in [0.15, 0.2) is 24.5 Å². The molecule has 1 aliphatic rings. The van der Waals surface area contributed by atoms with E-state index in [1.54, 1.807) is 23.9 Å². The number of hydrogen-bond acceptors (Lipinski definition) is 6. The fourth-order valence-corrected chi connectivity index (χ4v) is 4.00. The molecule has 1 aromatic carbocycles. The zero-order valence-corrected chi connectivity index (χ0v) is 17.9. The molecule has 3 rings (SSSR count). The van der Waals surface area contributed by atoms with Gasteiger partial charge >= 0.3 is 12.0 Å². The van der Waals surface area contributed by atoms with Crippen molar-refractivity contribution in [2.75, 3.05) is 32.8 Å². The number of nitrogens with zero attached hydrogens (tertiary/aromatic N) is 2. The number of hydrogen-bond donors (Lipinski definition) is 2. The number of carbonyl (C=O) groups is 2. The van der Waals surface area contributed by atoms with Gasteiger partial charge in [-0.3, -0.25) is 0 Å². The number of amides is 2. The number of carbonyl (C=O) groups excluding carboxylic acids is 2. The lowest BCUT2D eigenvalue weighted by atomic mass is 9.95. The molecular formula is C20H25FN4O4S. The van der Waals surface area contributed by atoms with E-state index in [9.17, 15) is 14.0 Å². The van der Waals surface area contributed by atoms with E-state index in [1.807, 2.05) is 6.26 Å². The van der Waals surface area contributed by atoms with Crippen LogP contribution >= 0.6 is 11.8 Å². The van der Waals surface area contributed by atoms with Gasteiger partial charge in [0.15, 0.2) is 0 Å². The number of methoxy groups -OCH3 is 2. The van der Waals surface area contributed by atoms with Crippen LogP contribution in [0.4, 0.5) is 9.18 Å². The topological polar surface area (TPSA) is 96.6 Å². The lowest BCUT2D eigenvalue weighted by Crippen LogP contribution is -2.51. The van der Waals surface area contributed by atoms with E-state index < -0.39 is 29.9 Å². The van der Waals surface area contributed by atoms with E-state index in [1.165, 1.54) is 31.5 Å². The van der Waals surface area contributed by atoms with Crippen LogP contribution < -0.4 is 10.1 Å². The van der Waals surface area contributed by atoms with Crippen LogP contribution in [0.2, 0.25) is 0 Å². The molecule has 162 valence electrons. The van der Waals surface area contributed by atoms with Gasteiger partial charge in [0, 0.05) is 30.3 Å². The first-order valence-corrected chi connectivity index (χ1v) is 10.9. The van der Waals surface area contributed by atoms with E-state index in [0.29, 0.717) is 42.1 Å². The monoisotopic (exact) mass is 436 g/mol. The van der Waals surface area contributed by atoms with Gasteiger partial charge in [-0.1, -0.05) is 0 Å². The Kier molecular flexibility index (Phi) is 7.20. The maximum absolute atomic E-state index is 14.9. The number of imidazole rings is 1. The number of ether oxygens (including phenoxy) is 2. The summed E-state index contributed by atoms with van der Waals surface area (Å²) in [4.78, 5) is 34.2. The Bertz CT molecular complexity index is 907. The molecule has 0 saturated heterocycles. The summed E-state index contributed by atoms with van der Waals surface area (Å²) in [6.45, 7) is 0.341. The summed E-state index contributed by atoms with van der Waals surface area (Å²) in [7, 11) is 2.75. The minimum Gasteiger partial charge on any atom is -0.497 e. The fourth-order valence-electron chi connectivity index (χ4n) is 3.53. The Balaban J connectivity index is 1.92. The first kappa shape index (κ1) is 21.9. The molecule has 0 radical (unpaired) electrons. The normalized spacial score (nSPS) is 16.5. The molecule has 0 unspecified atom stereocenters. The maximum Gasteiger partial charge on any atom is 0.328 e. The largest absolute Gasteiger partial charge is 0.497 e. The van der Waals surface area contributed by atoms with Crippen LogP contribution in [-0.2, 0) is 16.0 Å². The Labute approximate surface area is 178 Å². The van der Waals surface area contributed by atoms with Crippen molar-refractivity contribution in [2.24, 2.45) is 0 Å². The summed E-state index contributed by atoms with van der Waals surface area (Å²) in [5, 5.41) is 2.75. The number of fused-ring (bicyclic) bond motifs is 1. The average Bonchev–Trinajstić information content (AvgIpc) is 3.24. The molecule has 1 aromatic heterocycles. The van der Waals surface area contributed by atoms with Crippen LogP contribution in [0.1, 0.15) is 29.4 Å². The van der Waals surface area contributed by atoms with Crippen LogP contribution in [0, 0.1) is 5.82 Å². The van der Waals surface area contributed by atoms with E-state index >= 15 is 0 Å². The van der Waals surface area contributed by atoms with Gasteiger partial charge in [0.25, 0.3) is 0 Å². The molecule has 0 fully saturated rings. The Hall–Kier alpha value is -2.75. The number of urea groups is 1. The predicted octanol–water partition coefficient (Wildman–Crippen LogP) is 2.51. The van der Waals surface area contributed by atoms with Gasteiger partial charge in [0.05, 0.1) is 26.2 Å². The third-order valence-corrected chi connectivity index (χ3v) is 5.73. The van der Waals surface area contributed by atoms with Crippen molar-refractivity contribution >= 4 is 23.8 Å². The number of rotatable bonds is 7. The molecule has 2 aromatic rings. The summed E-state index contributed by atoms with van der Waals surface area (Å²) in [5.74, 6) is 0.0511. The number of thioether (sulfide) groups is 1. The molecule has 1 aliphatic heterocycles. The van der Waals surface area contributed by atoms with Crippen LogP contribution in [0.25, 0.3) is 0 Å². The van der Waals surface area contributed by atoms with Crippen molar-refractivity contribution < 1.29 is 23.5 Å². The second-order valence-corrected chi connectivity index (χ2v) is 7.79. The Morgan fingerprint density at radius 2 is 2.23 bits per heavy atom. The highest BCUT2D eigenvalue weighted by atomic mass is 32.2. The molecule has 2 amide bonds. The molecule has 2 atom stereocenters. The number of aromatic amines is 1. The zero-order valence-electron chi connectivity index (χ0n) is 17.1. The van der Waals surface area contributed by atoms with Crippen molar-refractivity contribution in [3.8, 4) is 5.75 Å². The SMILES string of the molecule is COC(=O)[C@@H](CCSC)NC(=O)N1CCc2[nH]cnc2[C@H]1c1ccc(OC)cc1F. The van der Waals surface area contributed by atoms with Crippen LogP contribution in [-0.4, -0.2) is 65.7 Å². The van der Waals surface area contributed by atoms with Crippen molar-refractivity contribution in [3.05, 3.63) is 47.3 Å². The molecule has 2 N–H and O–H groups in total. The van der Waals surface area contributed by atoms with E-state index in [2.05, 4.69) is 15.3 Å². The van der Waals surface area contributed by atoms with Gasteiger partial charge in [0.2, 0.25) is 0 Å². The first-order chi connectivity index (χ1) is 14.5. The number of benzene rings is 1. The first-order valence-electron chi connectivity index (χ1n) is 9.49. The fraction of sp³-hybridized carbons (Fsp3) is 0.450. The maximum atomic E-state index is 14.9. The minimum absolute atomic E-state index is 0.303. The number of halogens is 1. The number of nitrogens with one attached hydrogen (secondary N) is 2. The molecule has 2 heterocycles. The van der Waals surface area contributed by atoms with Crippen molar-refractivity contribution in [2.45, 2.75) is 24.9 Å². The van der Waals surface area contributed by atoms with E-state index in [-0.39, 0.29) is 0 Å². The summed E-state index contributed by atoms with van der Waals surface area (Å²) in [5.41, 5.74) is 1.74. The molecule has 0 spiro atoms. The molecule has 0 aliphatic carbocycles. The summed E-state index contributed by atoms with van der Waals surface area (Å²) >= 11 is 1.57. The zero-order chi connectivity index (χ0) is 21.7. The Morgan fingerprint density at radius 3 is 2.90 bits per heavy atom. The predicted molar refractivity (Wildman–Crippen MR) is 111 cm³/mol. The molecule has 0 saturated carbocycles. The molecule has 0 bridgehead atoms. The average molecular weight is 437 g/mol. The molecule has 8 nitrogen and oxygen atoms in total. The van der Waals surface area contributed by atoms with Gasteiger partial charge in [-0.2, -0.15) is 11.8 Å². The van der Waals surface area contributed by atoms with Crippen LogP contribution in [0.3, 0.4) is 0 Å². The molecule has 30 heavy (non-hydrogen) atoms. The van der Waals surface area contributed by atoms with E-state index in [4.69, 9.17) is 9.47 Å². The molecular weight excluding hydrogens is 411 g/mol. The number of aromatic nitrogens is 2. The minimum atomic E-state index is -0.781. The second-order valence-electron chi connectivity index (χ2n) is 6.81. The lowest BCUT2D eigenvalue weighted by Gasteiger charge is -2.36. The van der Waals surface area contributed by atoms with Crippen molar-refractivity contribution in [1.82, 2.24) is 20.2 Å². The second kappa shape index (κ2) is 9.84. The smallest absolute Gasteiger partial charge is 0.328 e. The number of H-pyrrole nitrogens is 1. The van der Waals surface area contributed by atoms with Gasteiger partial charge in [-0.25, -0.2) is 19.0 Å². The molecule has 10 heteroatoms. The standard InChI is InChI=1S/C20H25FN4O4S/c1-28-12-4-5-13(14(21)10-12)18-17-15(22-11-23-17)6-8-25(18)20(27)24-16(7-9-30-3)19(26)29-2/h4-5,10-11,16,18H,6-9H2,1-3H3,(H,22,23)(H,24,27)/t16-,18-/m1/s1. The highest BCUT2D eigenvalue weighted by molar-refractivity contribution is 7.98. The van der Waals surface area contributed by atoms with Gasteiger partial charge < -0.3 is 24.7 Å². The van der Waals surface area contributed by atoms with Gasteiger partial charge in [-0.05, 0) is 30.6 Å². The summed E-state index contributed by atoms with van der Waals surface area (Å²) in [6, 6.07) is 2.53. The van der Waals surface area contributed by atoms with Gasteiger partial charge in [-0.15, -0.1) is 0 Å². The lowest BCUT2D eigenvalue weighted by molar-refractivity contribution is -0.142. The third-order valence-electron chi connectivity index (χ3n) is 5.08. The van der Waals surface area contributed by atoms with Crippen molar-refractivity contribution in [3.63, 3.8) is 0 Å². The van der Waals surface area contributed by atoms with Crippen LogP contribution in [0.5, 0.6) is 5.75 Å². The third kappa shape index (κ3) is 4.53.